The number of nitrogens with zero attached hydrogens (tertiary/aromatic N) is 5. The zero-order chi connectivity index (χ0) is 17.2. The van der Waals surface area contributed by atoms with E-state index in [-0.39, 0.29) is 11.9 Å². The molecular formula is C17H17BrN6O. The van der Waals surface area contributed by atoms with E-state index >= 15 is 0 Å². The van der Waals surface area contributed by atoms with Crippen molar-refractivity contribution in [3.8, 4) is 0 Å². The first kappa shape index (κ1) is 16.0. The predicted molar refractivity (Wildman–Crippen MR) is 97.6 cm³/mol. The molecule has 8 heteroatoms. The van der Waals surface area contributed by atoms with Gasteiger partial charge in [-0.3, -0.25) is 9.78 Å². The highest BCUT2D eigenvalue weighted by Gasteiger charge is 2.23. The van der Waals surface area contributed by atoms with Crippen molar-refractivity contribution in [1.29, 1.82) is 0 Å². The highest BCUT2D eigenvalue weighted by atomic mass is 79.9. The standard InChI is InChI=1S/C17H17BrN6O/c18-13-9-12(10-19-11-13)17(25)22-14-3-7-23(8-4-14)16-2-5-20-15-1-6-21-24(15)16/h1-2,5-6,9-11,14H,3-4,7-8H2,(H,22,25). The molecule has 1 saturated heterocycles. The summed E-state index contributed by atoms with van der Waals surface area (Å²) in [6.07, 6.45) is 8.59. The number of piperidine rings is 1. The first-order chi connectivity index (χ1) is 12.2. The number of carbonyl (C=O) groups is 1. The lowest BCUT2D eigenvalue weighted by Gasteiger charge is -2.33. The van der Waals surface area contributed by atoms with E-state index in [1.165, 1.54) is 0 Å². The van der Waals surface area contributed by atoms with E-state index in [0.29, 0.717) is 5.56 Å². The van der Waals surface area contributed by atoms with Gasteiger partial charge in [-0.05, 0) is 40.9 Å². The van der Waals surface area contributed by atoms with Crippen LogP contribution in [0.4, 0.5) is 5.82 Å². The van der Waals surface area contributed by atoms with E-state index in [1.807, 2.05) is 16.6 Å². The number of aromatic nitrogens is 4. The molecule has 1 aliphatic rings. The summed E-state index contributed by atoms with van der Waals surface area (Å²) < 4.78 is 2.66. The minimum Gasteiger partial charge on any atom is -0.356 e. The summed E-state index contributed by atoms with van der Waals surface area (Å²) in [7, 11) is 0. The molecule has 0 radical (unpaired) electrons. The van der Waals surface area contributed by atoms with Gasteiger partial charge >= 0.3 is 0 Å². The molecular weight excluding hydrogens is 384 g/mol. The van der Waals surface area contributed by atoms with Gasteiger partial charge < -0.3 is 10.2 Å². The lowest BCUT2D eigenvalue weighted by molar-refractivity contribution is 0.0930. The Kier molecular flexibility index (Phi) is 4.35. The summed E-state index contributed by atoms with van der Waals surface area (Å²) >= 11 is 3.34. The Balaban J connectivity index is 1.40. The van der Waals surface area contributed by atoms with Crippen molar-refractivity contribution >= 4 is 33.3 Å². The molecule has 1 amide bonds. The summed E-state index contributed by atoms with van der Waals surface area (Å²) in [5.41, 5.74) is 1.42. The monoisotopic (exact) mass is 400 g/mol. The van der Waals surface area contributed by atoms with Crippen molar-refractivity contribution in [3.05, 3.63) is 53.0 Å². The average Bonchev–Trinajstić information content (AvgIpc) is 3.11. The van der Waals surface area contributed by atoms with E-state index in [2.05, 4.69) is 41.2 Å². The Labute approximate surface area is 153 Å². The van der Waals surface area contributed by atoms with E-state index in [9.17, 15) is 4.79 Å². The summed E-state index contributed by atoms with van der Waals surface area (Å²) in [4.78, 5) is 23.0. The van der Waals surface area contributed by atoms with Crippen LogP contribution in [0.1, 0.15) is 23.2 Å². The number of hydrogen-bond acceptors (Lipinski definition) is 5. The van der Waals surface area contributed by atoms with E-state index in [1.54, 1.807) is 30.9 Å². The Morgan fingerprint density at radius 2 is 2.04 bits per heavy atom. The van der Waals surface area contributed by atoms with Crippen molar-refractivity contribution < 1.29 is 4.79 Å². The largest absolute Gasteiger partial charge is 0.356 e. The van der Waals surface area contributed by atoms with E-state index in [0.717, 1.165) is 41.9 Å². The van der Waals surface area contributed by atoms with Gasteiger partial charge in [-0.25, -0.2) is 4.98 Å². The quantitative estimate of drug-likeness (QED) is 0.729. The van der Waals surface area contributed by atoms with Crippen LogP contribution in [0, 0.1) is 0 Å². The number of hydrogen-bond donors (Lipinski definition) is 1. The number of pyridine rings is 1. The molecule has 0 bridgehead atoms. The van der Waals surface area contributed by atoms with Crippen LogP contribution >= 0.6 is 15.9 Å². The molecule has 1 fully saturated rings. The molecule has 1 aliphatic heterocycles. The maximum absolute atomic E-state index is 12.3. The van der Waals surface area contributed by atoms with Crippen molar-refractivity contribution in [1.82, 2.24) is 24.9 Å². The van der Waals surface area contributed by atoms with E-state index < -0.39 is 0 Å². The van der Waals surface area contributed by atoms with Crippen LogP contribution in [0.15, 0.2) is 47.5 Å². The van der Waals surface area contributed by atoms with Gasteiger partial charge in [0.05, 0.1) is 11.8 Å². The van der Waals surface area contributed by atoms with Crippen LogP contribution in [-0.4, -0.2) is 44.6 Å². The molecule has 1 N–H and O–H groups in total. The Morgan fingerprint density at radius 1 is 1.20 bits per heavy atom. The van der Waals surface area contributed by atoms with Gasteiger partial charge in [-0.2, -0.15) is 9.61 Å². The number of fused-ring (bicyclic) bond motifs is 1. The normalized spacial score (nSPS) is 15.5. The fourth-order valence-electron chi connectivity index (χ4n) is 3.12. The molecule has 25 heavy (non-hydrogen) atoms. The molecule has 0 atom stereocenters. The zero-order valence-corrected chi connectivity index (χ0v) is 15.1. The van der Waals surface area contributed by atoms with Crippen LogP contribution in [0.5, 0.6) is 0 Å². The van der Waals surface area contributed by atoms with Crippen molar-refractivity contribution in [2.75, 3.05) is 18.0 Å². The number of carbonyl (C=O) groups excluding carboxylic acids is 1. The van der Waals surface area contributed by atoms with Crippen LogP contribution < -0.4 is 10.2 Å². The van der Waals surface area contributed by atoms with Crippen molar-refractivity contribution in [2.45, 2.75) is 18.9 Å². The molecule has 0 unspecified atom stereocenters. The van der Waals surface area contributed by atoms with Gasteiger partial charge in [0.2, 0.25) is 0 Å². The maximum Gasteiger partial charge on any atom is 0.253 e. The third-order valence-corrected chi connectivity index (χ3v) is 4.83. The second-order valence-corrected chi connectivity index (χ2v) is 6.95. The third kappa shape index (κ3) is 3.34. The Hall–Kier alpha value is -2.48. The van der Waals surface area contributed by atoms with Gasteiger partial charge in [-0.1, -0.05) is 0 Å². The van der Waals surface area contributed by atoms with E-state index in [4.69, 9.17) is 0 Å². The van der Waals surface area contributed by atoms with Crippen LogP contribution in [0.2, 0.25) is 0 Å². The maximum atomic E-state index is 12.3. The van der Waals surface area contributed by atoms with Crippen LogP contribution in [0.25, 0.3) is 5.65 Å². The summed E-state index contributed by atoms with van der Waals surface area (Å²) in [5.74, 6) is 0.960. The lowest BCUT2D eigenvalue weighted by atomic mass is 10.0. The van der Waals surface area contributed by atoms with Gasteiger partial charge in [0.25, 0.3) is 5.91 Å². The van der Waals surface area contributed by atoms with Crippen molar-refractivity contribution in [2.24, 2.45) is 0 Å². The molecule has 0 spiro atoms. The minimum atomic E-state index is -0.0781. The fraction of sp³-hybridized carbons (Fsp3) is 0.294. The Bertz CT molecular complexity index is 903. The van der Waals surface area contributed by atoms with Gasteiger partial charge in [-0.15, -0.1) is 0 Å². The molecule has 4 rings (SSSR count). The smallest absolute Gasteiger partial charge is 0.253 e. The molecule has 3 aromatic heterocycles. The first-order valence-corrected chi connectivity index (χ1v) is 8.95. The molecule has 128 valence electrons. The number of nitrogens with one attached hydrogen (secondary N) is 1. The number of anilines is 1. The average molecular weight is 401 g/mol. The molecule has 0 saturated carbocycles. The lowest BCUT2D eigenvalue weighted by Crippen LogP contribution is -2.45. The van der Waals surface area contributed by atoms with Gasteiger partial charge in [0.15, 0.2) is 5.65 Å². The predicted octanol–water partition coefficient (Wildman–Crippen LogP) is 2.29. The van der Waals surface area contributed by atoms with Gasteiger partial charge in [0.1, 0.15) is 5.82 Å². The number of amides is 1. The Morgan fingerprint density at radius 3 is 2.84 bits per heavy atom. The SMILES string of the molecule is O=C(NC1CCN(c2ccnc3ccnn23)CC1)c1cncc(Br)c1. The minimum absolute atomic E-state index is 0.0781. The summed E-state index contributed by atoms with van der Waals surface area (Å²) in [6.45, 7) is 1.72. The molecule has 3 aromatic rings. The summed E-state index contributed by atoms with van der Waals surface area (Å²) in [6, 6.07) is 5.81. The molecule has 0 aliphatic carbocycles. The second-order valence-electron chi connectivity index (χ2n) is 6.03. The summed E-state index contributed by atoms with van der Waals surface area (Å²) in [5, 5.41) is 7.45. The van der Waals surface area contributed by atoms with Crippen LogP contribution in [0.3, 0.4) is 0 Å². The molecule has 7 nitrogen and oxygen atoms in total. The van der Waals surface area contributed by atoms with Crippen LogP contribution in [-0.2, 0) is 0 Å². The highest BCUT2D eigenvalue weighted by Crippen LogP contribution is 2.20. The van der Waals surface area contributed by atoms with Crippen molar-refractivity contribution in [3.63, 3.8) is 0 Å². The highest BCUT2D eigenvalue weighted by molar-refractivity contribution is 9.10. The number of rotatable bonds is 3. The molecule has 0 aromatic carbocycles. The second kappa shape index (κ2) is 6.79. The topological polar surface area (TPSA) is 75.4 Å². The molecule has 4 heterocycles. The number of halogens is 1. The first-order valence-electron chi connectivity index (χ1n) is 8.16. The zero-order valence-electron chi connectivity index (χ0n) is 13.5. The van der Waals surface area contributed by atoms with Gasteiger partial charge in [0, 0.05) is 48.3 Å². The fourth-order valence-corrected chi connectivity index (χ4v) is 3.48. The third-order valence-electron chi connectivity index (χ3n) is 4.39.